The van der Waals surface area contributed by atoms with E-state index in [-0.39, 0.29) is 19.0 Å². The number of carbonyl (C=O) groups is 1. The van der Waals surface area contributed by atoms with E-state index in [0.717, 1.165) is 6.07 Å². The number of alkyl halides is 3. The minimum absolute atomic E-state index is 0.104. The van der Waals surface area contributed by atoms with Crippen LogP contribution in [0.1, 0.15) is 18.1 Å². The summed E-state index contributed by atoms with van der Waals surface area (Å²) < 4.78 is 46.3. The number of ether oxygens (including phenoxy) is 1. The van der Waals surface area contributed by atoms with E-state index in [4.69, 9.17) is 15.3 Å². The largest absolute Gasteiger partial charge is 0.494 e. The van der Waals surface area contributed by atoms with Crippen molar-refractivity contribution in [2.75, 3.05) is 6.61 Å². The standard InChI is InChI=1S/C18H19F3N2O3/c1-2-25-15-11-7-6-10-14(15)17(22,18(19,20)21)16(24)23-26-12-13-8-4-3-5-9-13/h3-11H,2,12,22H2,1H3,(H,23,24). The van der Waals surface area contributed by atoms with E-state index < -0.39 is 23.2 Å². The van der Waals surface area contributed by atoms with Crippen molar-refractivity contribution in [2.24, 2.45) is 5.73 Å². The van der Waals surface area contributed by atoms with Crippen molar-refractivity contribution < 1.29 is 27.5 Å². The Hall–Kier alpha value is -2.58. The fraction of sp³-hybridized carbons (Fsp3) is 0.278. The molecule has 0 heterocycles. The molecule has 3 N–H and O–H groups in total. The number of amides is 1. The van der Waals surface area contributed by atoms with E-state index in [0.29, 0.717) is 5.56 Å². The third kappa shape index (κ3) is 4.14. The molecular formula is C18H19F3N2O3. The van der Waals surface area contributed by atoms with Gasteiger partial charge in [0.25, 0.3) is 5.91 Å². The second-order valence-corrected chi connectivity index (χ2v) is 5.44. The van der Waals surface area contributed by atoms with Crippen molar-refractivity contribution in [3.05, 3.63) is 65.7 Å². The summed E-state index contributed by atoms with van der Waals surface area (Å²) in [5, 5.41) is 0. The van der Waals surface area contributed by atoms with Crippen molar-refractivity contribution >= 4 is 5.91 Å². The summed E-state index contributed by atoms with van der Waals surface area (Å²) in [7, 11) is 0. The molecule has 1 atom stereocenters. The van der Waals surface area contributed by atoms with Crippen LogP contribution in [0.15, 0.2) is 54.6 Å². The number of hydroxylamine groups is 1. The summed E-state index contributed by atoms with van der Waals surface area (Å²) in [6.07, 6.45) is -5.07. The van der Waals surface area contributed by atoms with Crippen LogP contribution in [-0.4, -0.2) is 18.7 Å². The van der Waals surface area contributed by atoms with Crippen molar-refractivity contribution in [3.63, 3.8) is 0 Å². The first-order valence-corrected chi connectivity index (χ1v) is 7.84. The Balaban J connectivity index is 2.25. The SMILES string of the molecule is CCOc1ccccc1C(N)(C(=O)NOCc1ccccc1)C(F)(F)F. The normalized spacial score (nSPS) is 13.7. The molecule has 0 aliphatic rings. The monoisotopic (exact) mass is 368 g/mol. The molecule has 26 heavy (non-hydrogen) atoms. The molecule has 2 aromatic rings. The van der Waals surface area contributed by atoms with Crippen LogP contribution in [-0.2, 0) is 21.8 Å². The Kier molecular flexibility index (Phi) is 6.23. The zero-order valence-corrected chi connectivity index (χ0v) is 14.0. The van der Waals surface area contributed by atoms with Gasteiger partial charge in [0, 0.05) is 5.56 Å². The molecular weight excluding hydrogens is 349 g/mol. The van der Waals surface area contributed by atoms with Crippen LogP contribution in [0.4, 0.5) is 13.2 Å². The molecule has 0 aliphatic carbocycles. The molecule has 2 aromatic carbocycles. The highest BCUT2D eigenvalue weighted by atomic mass is 19.4. The minimum atomic E-state index is -5.07. The number of nitrogens with one attached hydrogen (secondary N) is 1. The number of hydrogen-bond donors (Lipinski definition) is 2. The topological polar surface area (TPSA) is 73.6 Å². The number of hydrogen-bond acceptors (Lipinski definition) is 4. The second kappa shape index (κ2) is 8.20. The lowest BCUT2D eigenvalue weighted by molar-refractivity contribution is -0.201. The van der Waals surface area contributed by atoms with Crippen LogP contribution in [0.25, 0.3) is 0 Å². The van der Waals surface area contributed by atoms with Crippen molar-refractivity contribution in [1.82, 2.24) is 5.48 Å². The van der Waals surface area contributed by atoms with Gasteiger partial charge in [-0.3, -0.25) is 9.63 Å². The number of benzene rings is 2. The summed E-state index contributed by atoms with van der Waals surface area (Å²) in [6, 6.07) is 13.9. The average Bonchev–Trinajstić information content (AvgIpc) is 2.61. The van der Waals surface area contributed by atoms with Gasteiger partial charge in [-0.05, 0) is 18.6 Å². The van der Waals surface area contributed by atoms with Gasteiger partial charge in [0.15, 0.2) is 0 Å². The first-order chi connectivity index (χ1) is 12.3. The molecule has 0 aliphatic heterocycles. The number of halogens is 3. The van der Waals surface area contributed by atoms with Crippen LogP contribution in [0.2, 0.25) is 0 Å². The highest BCUT2D eigenvalue weighted by molar-refractivity contribution is 5.88. The fourth-order valence-corrected chi connectivity index (χ4v) is 2.32. The zero-order valence-electron chi connectivity index (χ0n) is 14.0. The third-order valence-corrected chi connectivity index (χ3v) is 3.66. The molecule has 0 aromatic heterocycles. The Morgan fingerprint density at radius 1 is 1.08 bits per heavy atom. The molecule has 0 spiro atoms. The number of nitrogens with two attached hydrogens (primary N) is 1. The number of carbonyl (C=O) groups excluding carboxylic acids is 1. The van der Waals surface area contributed by atoms with Gasteiger partial charge in [0.2, 0.25) is 5.54 Å². The van der Waals surface area contributed by atoms with Gasteiger partial charge < -0.3 is 10.5 Å². The Bertz CT molecular complexity index is 738. The van der Waals surface area contributed by atoms with Gasteiger partial charge in [-0.2, -0.15) is 13.2 Å². The molecule has 0 bridgehead atoms. The van der Waals surface area contributed by atoms with E-state index in [1.165, 1.54) is 18.2 Å². The van der Waals surface area contributed by atoms with Crippen molar-refractivity contribution in [2.45, 2.75) is 25.2 Å². The van der Waals surface area contributed by atoms with Crippen LogP contribution in [0, 0.1) is 0 Å². The molecule has 2 rings (SSSR count). The minimum Gasteiger partial charge on any atom is -0.494 e. The maximum atomic E-state index is 13.7. The highest BCUT2D eigenvalue weighted by Crippen LogP contribution is 2.41. The average molecular weight is 368 g/mol. The van der Waals surface area contributed by atoms with Crippen LogP contribution >= 0.6 is 0 Å². The smallest absolute Gasteiger partial charge is 0.419 e. The molecule has 0 fully saturated rings. The number of para-hydroxylation sites is 1. The molecule has 8 heteroatoms. The third-order valence-electron chi connectivity index (χ3n) is 3.66. The molecule has 1 unspecified atom stereocenters. The van der Waals surface area contributed by atoms with Crippen LogP contribution < -0.4 is 16.0 Å². The van der Waals surface area contributed by atoms with Gasteiger partial charge >= 0.3 is 6.18 Å². The van der Waals surface area contributed by atoms with Crippen LogP contribution in [0.3, 0.4) is 0 Å². The fourth-order valence-electron chi connectivity index (χ4n) is 2.32. The van der Waals surface area contributed by atoms with Crippen molar-refractivity contribution in [3.8, 4) is 5.75 Å². The summed E-state index contributed by atoms with van der Waals surface area (Å²) in [4.78, 5) is 17.2. The Morgan fingerprint density at radius 3 is 2.31 bits per heavy atom. The van der Waals surface area contributed by atoms with Gasteiger partial charge in [0.05, 0.1) is 13.2 Å². The lowest BCUT2D eigenvalue weighted by Gasteiger charge is -2.31. The molecule has 0 saturated carbocycles. The predicted octanol–water partition coefficient (Wildman–Crippen LogP) is 3.05. The first kappa shape index (κ1) is 19.7. The van der Waals surface area contributed by atoms with Crippen molar-refractivity contribution in [1.29, 1.82) is 0 Å². The van der Waals surface area contributed by atoms with Gasteiger partial charge in [-0.25, -0.2) is 5.48 Å². The number of rotatable bonds is 7. The van der Waals surface area contributed by atoms with Gasteiger partial charge in [0.1, 0.15) is 5.75 Å². The maximum absolute atomic E-state index is 13.7. The molecule has 5 nitrogen and oxygen atoms in total. The zero-order chi connectivity index (χ0) is 19.2. The molecule has 1 amide bonds. The summed E-state index contributed by atoms with van der Waals surface area (Å²) in [6.45, 7) is 1.64. The van der Waals surface area contributed by atoms with Gasteiger partial charge in [-0.15, -0.1) is 0 Å². The van der Waals surface area contributed by atoms with E-state index >= 15 is 0 Å². The molecule has 140 valence electrons. The van der Waals surface area contributed by atoms with E-state index in [1.807, 2.05) is 0 Å². The lowest BCUT2D eigenvalue weighted by Crippen LogP contribution is -2.60. The highest BCUT2D eigenvalue weighted by Gasteiger charge is 2.60. The summed E-state index contributed by atoms with van der Waals surface area (Å²) in [5.41, 5.74) is 4.22. The lowest BCUT2D eigenvalue weighted by atomic mass is 9.88. The Morgan fingerprint density at radius 2 is 1.69 bits per heavy atom. The quantitative estimate of drug-likeness (QED) is 0.737. The maximum Gasteiger partial charge on any atom is 0.419 e. The van der Waals surface area contributed by atoms with E-state index in [2.05, 4.69) is 0 Å². The molecule has 0 saturated heterocycles. The van der Waals surface area contributed by atoms with Crippen LogP contribution in [0.5, 0.6) is 5.75 Å². The summed E-state index contributed by atoms with van der Waals surface area (Å²) in [5.74, 6) is -1.65. The van der Waals surface area contributed by atoms with E-state index in [9.17, 15) is 18.0 Å². The van der Waals surface area contributed by atoms with Gasteiger partial charge in [-0.1, -0.05) is 48.5 Å². The van der Waals surface area contributed by atoms with E-state index in [1.54, 1.807) is 42.7 Å². The predicted molar refractivity (Wildman–Crippen MR) is 88.9 cm³/mol. The Labute approximate surface area is 148 Å². The summed E-state index contributed by atoms with van der Waals surface area (Å²) >= 11 is 0. The first-order valence-electron chi connectivity index (χ1n) is 7.84. The molecule has 0 radical (unpaired) electrons. The second-order valence-electron chi connectivity index (χ2n) is 5.44.